The Morgan fingerprint density at radius 2 is 1.94 bits per heavy atom. The fourth-order valence-electron chi connectivity index (χ4n) is 1.87. The molecule has 1 unspecified atom stereocenters. The number of aliphatic hydroxyl groups is 1. The zero-order valence-electron chi connectivity index (χ0n) is 11.1. The quantitative estimate of drug-likeness (QED) is 0.549. The van der Waals surface area contributed by atoms with Gasteiger partial charge < -0.3 is 10.8 Å². The first-order chi connectivity index (χ1) is 8.67. The average Bonchev–Trinajstić information content (AvgIpc) is 2.39. The lowest BCUT2D eigenvalue weighted by Gasteiger charge is -2.08. The number of benzene rings is 1. The second kappa shape index (κ2) is 8.01. The molecule has 1 aromatic carbocycles. The van der Waals surface area contributed by atoms with Crippen molar-refractivity contribution >= 4 is 5.78 Å². The van der Waals surface area contributed by atoms with Crippen LogP contribution in [-0.4, -0.2) is 23.5 Å². The first-order valence-electron chi connectivity index (χ1n) is 6.66. The van der Waals surface area contributed by atoms with Crippen LogP contribution in [0.25, 0.3) is 0 Å². The van der Waals surface area contributed by atoms with Crippen molar-refractivity contribution in [3.63, 3.8) is 0 Å². The molecule has 18 heavy (non-hydrogen) atoms. The van der Waals surface area contributed by atoms with Crippen molar-refractivity contribution in [2.24, 2.45) is 5.73 Å². The lowest BCUT2D eigenvalue weighted by atomic mass is 10.0. The van der Waals surface area contributed by atoms with Gasteiger partial charge >= 0.3 is 0 Å². The summed E-state index contributed by atoms with van der Waals surface area (Å²) < 4.78 is 0. The standard InChI is InChI=1S/C15H23NO2/c1-2-3-4-5-15(18)13-8-6-12(7-9-13)10-14(16)11-17/h6-9,14,17H,2-5,10-11,16H2,1H3. The number of hydrogen-bond donors (Lipinski definition) is 2. The molecule has 0 spiro atoms. The monoisotopic (exact) mass is 249 g/mol. The lowest BCUT2D eigenvalue weighted by Crippen LogP contribution is -2.26. The molecule has 1 aromatic rings. The van der Waals surface area contributed by atoms with Crippen LogP contribution >= 0.6 is 0 Å². The van der Waals surface area contributed by atoms with Crippen molar-refractivity contribution in [2.45, 2.75) is 45.1 Å². The van der Waals surface area contributed by atoms with E-state index in [1.807, 2.05) is 24.3 Å². The summed E-state index contributed by atoms with van der Waals surface area (Å²) in [5.74, 6) is 0.210. The van der Waals surface area contributed by atoms with Crippen LogP contribution in [0, 0.1) is 0 Å². The van der Waals surface area contributed by atoms with E-state index in [1.165, 1.54) is 0 Å². The molecule has 3 nitrogen and oxygen atoms in total. The molecule has 0 bridgehead atoms. The Bertz CT molecular complexity index is 359. The highest BCUT2D eigenvalue weighted by Gasteiger charge is 2.06. The molecule has 0 saturated carbocycles. The smallest absolute Gasteiger partial charge is 0.162 e. The minimum absolute atomic E-state index is 0.0162. The van der Waals surface area contributed by atoms with Crippen molar-refractivity contribution in [3.8, 4) is 0 Å². The van der Waals surface area contributed by atoms with E-state index < -0.39 is 0 Å². The van der Waals surface area contributed by atoms with Gasteiger partial charge in [0.25, 0.3) is 0 Å². The number of aliphatic hydroxyl groups excluding tert-OH is 1. The Kier molecular flexibility index (Phi) is 6.61. The average molecular weight is 249 g/mol. The SMILES string of the molecule is CCCCCC(=O)c1ccc(CC(N)CO)cc1. The predicted molar refractivity (Wildman–Crippen MR) is 73.7 cm³/mol. The van der Waals surface area contributed by atoms with Gasteiger partial charge in [0.1, 0.15) is 0 Å². The molecule has 0 amide bonds. The summed E-state index contributed by atoms with van der Waals surface area (Å²) in [5.41, 5.74) is 7.49. The van der Waals surface area contributed by atoms with Crippen LogP contribution in [0.1, 0.15) is 48.5 Å². The van der Waals surface area contributed by atoms with Crippen LogP contribution in [0.3, 0.4) is 0 Å². The van der Waals surface area contributed by atoms with E-state index >= 15 is 0 Å². The molecule has 1 rings (SSSR count). The topological polar surface area (TPSA) is 63.3 Å². The van der Waals surface area contributed by atoms with Gasteiger partial charge in [-0.2, -0.15) is 0 Å². The Labute approximate surface area is 109 Å². The Hall–Kier alpha value is -1.19. The first kappa shape index (κ1) is 14.9. The maximum absolute atomic E-state index is 11.8. The number of rotatable bonds is 8. The van der Waals surface area contributed by atoms with Crippen LogP contribution in [0.2, 0.25) is 0 Å². The van der Waals surface area contributed by atoms with Crippen molar-refractivity contribution in [1.82, 2.24) is 0 Å². The van der Waals surface area contributed by atoms with Crippen molar-refractivity contribution in [3.05, 3.63) is 35.4 Å². The van der Waals surface area contributed by atoms with E-state index in [2.05, 4.69) is 6.92 Å². The van der Waals surface area contributed by atoms with E-state index in [9.17, 15) is 4.79 Å². The molecule has 1 atom stereocenters. The van der Waals surface area contributed by atoms with Gasteiger partial charge in [0.2, 0.25) is 0 Å². The van der Waals surface area contributed by atoms with E-state index in [0.717, 1.165) is 30.4 Å². The Morgan fingerprint density at radius 3 is 2.50 bits per heavy atom. The molecule has 0 aliphatic heterocycles. The number of carbonyl (C=O) groups is 1. The largest absolute Gasteiger partial charge is 0.395 e. The summed E-state index contributed by atoms with van der Waals surface area (Å²) in [6, 6.07) is 7.32. The van der Waals surface area contributed by atoms with Gasteiger partial charge in [0.15, 0.2) is 5.78 Å². The summed E-state index contributed by atoms with van der Waals surface area (Å²) in [6.07, 6.45) is 4.47. The summed E-state index contributed by atoms with van der Waals surface area (Å²) in [4.78, 5) is 11.8. The van der Waals surface area contributed by atoms with E-state index in [1.54, 1.807) is 0 Å². The van der Waals surface area contributed by atoms with E-state index in [0.29, 0.717) is 12.8 Å². The van der Waals surface area contributed by atoms with Crippen LogP contribution in [0.4, 0.5) is 0 Å². The minimum atomic E-state index is -0.226. The molecule has 0 radical (unpaired) electrons. The van der Waals surface area contributed by atoms with Crippen molar-refractivity contribution in [1.29, 1.82) is 0 Å². The third kappa shape index (κ3) is 4.98. The van der Waals surface area contributed by atoms with Gasteiger partial charge in [0, 0.05) is 18.0 Å². The molecule has 0 heterocycles. The normalized spacial score (nSPS) is 12.4. The number of hydrogen-bond acceptors (Lipinski definition) is 3. The number of nitrogens with two attached hydrogens (primary N) is 1. The Balaban J connectivity index is 2.51. The van der Waals surface area contributed by atoms with Gasteiger partial charge in [-0.05, 0) is 18.4 Å². The maximum Gasteiger partial charge on any atom is 0.162 e. The molecular formula is C15H23NO2. The van der Waals surface area contributed by atoms with Gasteiger partial charge in [-0.25, -0.2) is 0 Å². The summed E-state index contributed by atoms with van der Waals surface area (Å²) >= 11 is 0. The van der Waals surface area contributed by atoms with Gasteiger partial charge in [-0.1, -0.05) is 44.0 Å². The molecule has 0 aliphatic rings. The molecular weight excluding hydrogens is 226 g/mol. The second-order valence-electron chi connectivity index (χ2n) is 4.72. The molecule has 3 heteroatoms. The fourth-order valence-corrected chi connectivity index (χ4v) is 1.87. The zero-order valence-corrected chi connectivity index (χ0v) is 11.1. The van der Waals surface area contributed by atoms with Crippen LogP contribution in [-0.2, 0) is 6.42 Å². The van der Waals surface area contributed by atoms with Gasteiger partial charge in [0.05, 0.1) is 6.61 Å². The van der Waals surface area contributed by atoms with E-state index in [4.69, 9.17) is 10.8 Å². The summed E-state index contributed by atoms with van der Waals surface area (Å²) in [5, 5.41) is 8.88. The number of Topliss-reactive ketones (excluding diaryl/α,β-unsaturated/α-hetero) is 1. The van der Waals surface area contributed by atoms with Gasteiger partial charge in [-0.3, -0.25) is 4.79 Å². The number of carbonyl (C=O) groups excluding carboxylic acids is 1. The van der Waals surface area contributed by atoms with Gasteiger partial charge in [-0.15, -0.1) is 0 Å². The van der Waals surface area contributed by atoms with Crippen LogP contribution in [0.15, 0.2) is 24.3 Å². The molecule has 0 saturated heterocycles. The predicted octanol–water partition coefficient (Wildman–Crippen LogP) is 2.31. The molecule has 0 fully saturated rings. The van der Waals surface area contributed by atoms with Crippen molar-refractivity contribution < 1.29 is 9.90 Å². The summed E-state index contributed by atoms with van der Waals surface area (Å²) in [6.45, 7) is 2.11. The fraction of sp³-hybridized carbons (Fsp3) is 0.533. The third-order valence-electron chi connectivity index (χ3n) is 3.02. The molecule has 3 N–H and O–H groups in total. The third-order valence-corrected chi connectivity index (χ3v) is 3.02. The molecule has 0 aromatic heterocycles. The first-order valence-corrected chi connectivity index (χ1v) is 6.66. The maximum atomic E-state index is 11.8. The highest BCUT2D eigenvalue weighted by Crippen LogP contribution is 2.11. The van der Waals surface area contributed by atoms with E-state index in [-0.39, 0.29) is 18.4 Å². The number of unbranched alkanes of at least 4 members (excludes halogenated alkanes) is 2. The van der Waals surface area contributed by atoms with Crippen LogP contribution < -0.4 is 5.73 Å². The molecule has 0 aliphatic carbocycles. The molecule has 100 valence electrons. The lowest BCUT2D eigenvalue weighted by molar-refractivity contribution is 0.0979. The number of ketones is 1. The van der Waals surface area contributed by atoms with Crippen LogP contribution in [0.5, 0.6) is 0 Å². The zero-order chi connectivity index (χ0) is 13.4. The highest BCUT2D eigenvalue weighted by molar-refractivity contribution is 5.96. The second-order valence-corrected chi connectivity index (χ2v) is 4.72. The summed E-state index contributed by atoms with van der Waals surface area (Å²) in [7, 11) is 0. The Morgan fingerprint density at radius 1 is 1.28 bits per heavy atom. The highest BCUT2D eigenvalue weighted by atomic mass is 16.3. The minimum Gasteiger partial charge on any atom is -0.395 e. The van der Waals surface area contributed by atoms with Crippen molar-refractivity contribution in [2.75, 3.05) is 6.61 Å².